The molecule has 0 amide bonds. The zero-order valence-corrected chi connectivity index (χ0v) is 80.4. The average molecular weight is 1780 g/mol. The predicted octanol–water partition coefficient (Wildman–Crippen LogP) is 38.3. The molecular weight excluding hydrogens is 1660 g/mol. The number of nitrogens with zero attached hydrogens (tertiary/aromatic N) is 5. The van der Waals surface area contributed by atoms with E-state index < -0.39 is 0 Å². The summed E-state index contributed by atoms with van der Waals surface area (Å²) in [6.45, 7) is 9.40. The Morgan fingerprint density at radius 1 is 0.161 bits per heavy atom. The number of hydrogen-bond donors (Lipinski definition) is 0. The zero-order chi connectivity index (χ0) is 92.4. The lowest BCUT2D eigenvalue weighted by Crippen LogP contribution is -2.26. The zero-order valence-electron chi connectivity index (χ0n) is 80.4. The van der Waals surface area contributed by atoms with E-state index in [9.17, 15) is 0 Å². The largest absolute Gasteiger partial charge is 0.310 e. The van der Waals surface area contributed by atoms with Crippen molar-refractivity contribution in [2.45, 2.75) is 193 Å². The van der Waals surface area contributed by atoms with Crippen molar-refractivity contribution in [3.63, 3.8) is 0 Å². The van der Waals surface area contributed by atoms with E-state index in [4.69, 9.17) is 0 Å². The molecule has 0 spiro atoms. The minimum atomic E-state index is -0.249. The van der Waals surface area contributed by atoms with Crippen LogP contribution in [-0.2, 0) is 36.5 Å². The van der Waals surface area contributed by atoms with Gasteiger partial charge in [-0.05, 0) is 345 Å². The van der Waals surface area contributed by atoms with Gasteiger partial charge in [0.1, 0.15) is 0 Å². The van der Waals surface area contributed by atoms with Gasteiger partial charge in [0, 0.05) is 96.1 Å². The summed E-state index contributed by atoms with van der Waals surface area (Å²) in [5, 5.41) is 0. The lowest BCUT2D eigenvalue weighted by molar-refractivity contribution is 0.401. The lowest BCUT2D eigenvalue weighted by Gasteiger charge is -2.35. The lowest BCUT2D eigenvalue weighted by atomic mass is 9.70. The van der Waals surface area contributed by atoms with Crippen molar-refractivity contribution >= 4 is 85.3 Å². The van der Waals surface area contributed by atoms with Crippen LogP contribution in [0.25, 0.3) is 66.8 Å². The van der Waals surface area contributed by atoms with E-state index in [1.807, 2.05) is 0 Å². The van der Waals surface area contributed by atoms with Gasteiger partial charge >= 0.3 is 0 Å². The van der Waals surface area contributed by atoms with E-state index in [-0.39, 0.29) is 10.8 Å². The summed E-state index contributed by atoms with van der Waals surface area (Å²) >= 11 is 0. The van der Waals surface area contributed by atoms with E-state index in [1.54, 1.807) is 0 Å². The molecule has 17 aromatic carbocycles. The SMILES string of the molecule is CCCCCCC1(CCCCCC)c2cc(N(c3ccccc3)c3ccccc3)ccc2-c2ccc(N(c3ccccc3)c3ccc(-c4ccc(N(c5ccccc5)c5ccc6c(c5)C(CCCCCC)(CCCCCC)c5cc(N(c7ccc(-c8ccc(N(c9ccccc9)c9cccc(-c%10ccc%11c(c%10)CC%11)c9)cc8)cc7)c7cccc(-c8ccc9c(c8)CC9)c7)ccc5-6)cc4)cc3)cc21. The Hall–Kier alpha value is -14.3. The first-order chi connectivity index (χ1) is 67.7. The van der Waals surface area contributed by atoms with Crippen LogP contribution in [0, 0.1) is 0 Å². The Labute approximate surface area is 814 Å². The second-order valence-corrected chi connectivity index (χ2v) is 38.9. The molecule has 0 unspecified atom stereocenters. The first-order valence-electron chi connectivity index (χ1n) is 51.4. The molecule has 5 nitrogen and oxygen atoms in total. The minimum Gasteiger partial charge on any atom is -0.310 e. The fraction of sp³-hybridized carbons (Fsp3) is 0.227. The van der Waals surface area contributed by atoms with Crippen LogP contribution < -0.4 is 24.5 Å². The van der Waals surface area contributed by atoms with Gasteiger partial charge in [0.25, 0.3) is 0 Å². The van der Waals surface area contributed by atoms with Crippen LogP contribution >= 0.6 is 0 Å². The number of unbranched alkanes of at least 4 members (excludes halogenated alkanes) is 12. The Morgan fingerprint density at radius 2 is 0.365 bits per heavy atom. The van der Waals surface area contributed by atoms with Crippen LogP contribution in [0.3, 0.4) is 0 Å². The van der Waals surface area contributed by atoms with Crippen molar-refractivity contribution in [3.8, 4) is 66.8 Å². The molecular formula is C132H127N5. The summed E-state index contributed by atoms with van der Waals surface area (Å²) in [6, 6.07) is 155. The van der Waals surface area contributed by atoms with Gasteiger partial charge in [0.05, 0.1) is 0 Å². The number of hydrogen-bond acceptors (Lipinski definition) is 5. The second-order valence-electron chi connectivity index (χ2n) is 38.9. The molecule has 0 N–H and O–H groups in total. The number of para-hydroxylation sites is 5. The van der Waals surface area contributed by atoms with Gasteiger partial charge in [-0.15, -0.1) is 0 Å². The van der Waals surface area contributed by atoms with E-state index in [2.05, 4.69) is 459 Å². The molecule has 0 saturated carbocycles. The molecule has 4 aliphatic carbocycles. The highest BCUT2D eigenvalue weighted by Gasteiger charge is 2.46. The molecule has 0 bridgehead atoms. The maximum Gasteiger partial charge on any atom is 0.0467 e. The third kappa shape index (κ3) is 18.2. The van der Waals surface area contributed by atoms with Gasteiger partial charge in [-0.3, -0.25) is 0 Å². The maximum absolute atomic E-state index is 2.64. The fourth-order valence-electron chi connectivity index (χ4n) is 23.0. The van der Waals surface area contributed by atoms with Crippen molar-refractivity contribution in [3.05, 3.63) is 451 Å². The third-order valence-corrected chi connectivity index (χ3v) is 30.4. The van der Waals surface area contributed by atoms with Crippen molar-refractivity contribution in [1.29, 1.82) is 0 Å². The van der Waals surface area contributed by atoms with Crippen molar-refractivity contribution in [2.24, 2.45) is 0 Å². The van der Waals surface area contributed by atoms with Gasteiger partial charge in [-0.1, -0.05) is 355 Å². The maximum atomic E-state index is 2.64. The molecule has 0 aromatic heterocycles. The summed E-state index contributed by atoms with van der Waals surface area (Å²) in [6.07, 6.45) is 28.3. The Bertz CT molecular complexity index is 6940. The molecule has 4 aliphatic rings. The van der Waals surface area contributed by atoms with Crippen molar-refractivity contribution in [1.82, 2.24) is 0 Å². The minimum absolute atomic E-state index is 0.169. The highest BCUT2D eigenvalue weighted by Crippen LogP contribution is 2.60. The number of fused-ring (bicyclic) bond motifs is 8. The summed E-state index contributed by atoms with van der Waals surface area (Å²) < 4.78 is 0. The van der Waals surface area contributed by atoms with E-state index in [1.165, 1.54) is 230 Å². The fourth-order valence-corrected chi connectivity index (χ4v) is 23.0. The number of anilines is 15. The smallest absolute Gasteiger partial charge is 0.0467 e. The van der Waals surface area contributed by atoms with Crippen LogP contribution in [0.2, 0.25) is 0 Å². The number of aryl methyl sites for hydroxylation is 4. The summed E-state index contributed by atoms with van der Waals surface area (Å²) in [5.74, 6) is 0. The molecule has 0 fully saturated rings. The molecule has 137 heavy (non-hydrogen) atoms. The van der Waals surface area contributed by atoms with Gasteiger partial charge in [-0.25, -0.2) is 0 Å². The normalized spacial score (nSPS) is 13.1. The molecule has 0 saturated heterocycles. The number of benzene rings is 17. The highest BCUT2D eigenvalue weighted by molar-refractivity contribution is 5.93. The standard InChI is InChI=1S/C132H127N5/c1-5-9-13-32-84-131(85-33-14-10-6-2)127-92-119(133(108-40-22-17-23-41-108)109-42-24-18-25-43-109)76-80-123(127)124-81-77-120(93-128(124)131)135(111-46-28-20-29-47-111)114-70-62-97(63-71-114)98-64-72-115(73-65-98)136(112-48-30-21-31-49-112)121-78-82-125-126-83-79-122(95-130(126)132(129(125)94-121,86-34-15-11-7-3)87-35-16-12-8-4)137(118-51-37-39-103(91-118)107-59-55-101-53-57-105(101)89-107)116-74-66-99(67-75-116)96-60-68-113(69-61-96)134(110-44-26-19-27-45-110)117-50-36-38-102(90-117)106-58-54-100-52-56-104(100)88-106/h17-31,36-51,54-55,58-83,88-95H,5-16,32-35,52-53,56-57,84-87H2,1-4H3. The molecule has 0 heterocycles. The van der Waals surface area contributed by atoms with Gasteiger partial charge in [-0.2, -0.15) is 0 Å². The molecule has 680 valence electrons. The second kappa shape index (κ2) is 40.7. The highest BCUT2D eigenvalue weighted by atomic mass is 15.2. The van der Waals surface area contributed by atoms with Crippen molar-refractivity contribution in [2.75, 3.05) is 24.5 Å². The van der Waals surface area contributed by atoms with E-state index in [0.29, 0.717) is 0 Å². The molecule has 0 atom stereocenters. The van der Waals surface area contributed by atoms with Crippen LogP contribution in [0.4, 0.5) is 85.3 Å². The Morgan fingerprint density at radius 3 is 0.599 bits per heavy atom. The van der Waals surface area contributed by atoms with Crippen LogP contribution in [0.15, 0.2) is 406 Å². The summed E-state index contributed by atoms with van der Waals surface area (Å²) in [4.78, 5) is 12.4. The van der Waals surface area contributed by atoms with Gasteiger partial charge < -0.3 is 24.5 Å². The van der Waals surface area contributed by atoms with Crippen LogP contribution in [-0.4, -0.2) is 0 Å². The first-order valence-corrected chi connectivity index (χ1v) is 51.4. The Kier molecular flexibility index (Phi) is 26.5. The molecule has 21 rings (SSSR count). The number of rotatable bonds is 39. The Balaban J connectivity index is 0.613. The van der Waals surface area contributed by atoms with Gasteiger partial charge in [0.15, 0.2) is 0 Å². The van der Waals surface area contributed by atoms with Crippen LogP contribution in [0.5, 0.6) is 0 Å². The first kappa shape index (κ1) is 89.3. The topological polar surface area (TPSA) is 16.2 Å². The van der Waals surface area contributed by atoms with Crippen molar-refractivity contribution < 1.29 is 0 Å². The third-order valence-electron chi connectivity index (χ3n) is 30.4. The molecule has 0 aliphatic heterocycles. The van der Waals surface area contributed by atoms with E-state index >= 15 is 0 Å². The summed E-state index contributed by atoms with van der Waals surface area (Å²) in [5.41, 5.74) is 43.8. The molecule has 0 radical (unpaired) electrons. The van der Waals surface area contributed by atoms with E-state index in [0.717, 1.165) is 120 Å². The summed E-state index contributed by atoms with van der Waals surface area (Å²) in [7, 11) is 0. The average Bonchev–Trinajstić information content (AvgIpc) is 1.56. The quantitative estimate of drug-likeness (QED) is 0.0356. The predicted molar refractivity (Wildman–Crippen MR) is 584 cm³/mol. The van der Waals surface area contributed by atoms with Gasteiger partial charge in [0.2, 0.25) is 0 Å². The molecule has 5 heteroatoms. The molecule has 17 aromatic rings. The monoisotopic (exact) mass is 1780 g/mol. The van der Waals surface area contributed by atoms with Crippen LogP contribution in [0.1, 0.15) is 201 Å².